The first-order valence-electron chi connectivity index (χ1n) is 11.9. The molecule has 10 heteroatoms. The summed E-state index contributed by atoms with van der Waals surface area (Å²) < 4.78 is 16.9. The summed E-state index contributed by atoms with van der Waals surface area (Å²) in [6.07, 6.45) is 3.33. The van der Waals surface area contributed by atoms with Gasteiger partial charge in [-0.25, -0.2) is 9.97 Å². The van der Waals surface area contributed by atoms with Gasteiger partial charge in [0.15, 0.2) is 11.6 Å². The molecule has 0 unspecified atom stereocenters. The van der Waals surface area contributed by atoms with Crippen molar-refractivity contribution in [2.24, 2.45) is 0 Å². The number of nitrogens with one attached hydrogen (secondary N) is 1. The number of aromatic nitrogens is 5. The van der Waals surface area contributed by atoms with Gasteiger partial charge in [0.05, 0.1) is 25.4 Å². The Labute approximate surface area is 222 Å². The molecule has 0 amide bonds. The standard InChI is InChI=1S/C28H22N6O3S/c1-3-36-28-32-23(16-38-28)25-20-6-4-5-7-21(20)27(34-33-25)31-17-8-10-18(11-9-17)37-24-12-13-29-22-14-19(35-2)15-30-26(22)24/h4-16H,3H2,1-2H3,(H,31,34). The summed E-state index contributed by atoms with van der Waals surface area (Å²) >= 11 is 1.45. The Balaban J connectivity index is 1.24. The van der Waals surface area contributed by atoms with E-state index in [-0.39, 0.29) is 0 Å². The van der Waals surface area contributed by atoms with Crippen LogP contribution in [0.2, 0.25) is 0 Å². The highest BCUT2D eigenvalue weighted by Gasteiger charge is 2.15. The molecule has 0 atom stereocenters. The van der Waals surface area contributed by atoms with Crippen LogP contribution in [0.25, 0.3) is 33.2 Å². The number of fused-ring (bicyclic) bond motifs is 2. The zero-order valence-corrected chi connectivity index (χ0v) is 21.4. The summed E-state index contributed by atoms with van der Waals surface area (Å²) in [5.74, 6) is 2.57. The van der Waals surface area contributed by atoms with E-state index in [0.29, 0.717) is 51.6 Å². The largest absolute Gasteiger partial charge is 0.495 e. The zero-order chi connectivity index (χ0) is 25.9. The first-order valence-corrected chi connectivity index (χ1v) is 12.8. The summed E-state index contributed by atoms with van der Waals surface area (Å²) in [5, 5.41) is 16.8. The fourth-order valence-corrected chi connectivity index (χ4v) is 4.71. The normalized spacial score (nSPS) is 11.0. The highest BCUT2D eigenvalue weighted by molar-refractivity contribution is 7.11. The van der Waals surface area contributed by atoms with Gasteiger partial charge in [0, 0.05) is 40.2 Å². The molecule has 0 saturated heterocycles. The van der Waals surface area contributed by atoms with E-state index in [9.17, 15) is 0 Å². The Bertz CT molecular complexity index is 1740. The van der Waals surface area contributed by atoms with Gasteiger partial charge in [0.25, 0.3) is 5.19 Å². The second-order valence-corrected chi connectivity index (χ2v) is 9.00. The van der Waals surface area contributed by atoms with Crippen molar-refractivity contribution in [2.45, 2.75) is 6.92 Å². The summed E-state index contributed by atoms with van der Waals surface area (Å²) in [6.45, 7) is 2.50. The van der Waals surface area contributed by atoms with Crippen molar-refractivity contribution in [3.05, 3.63) is 78.4 Å². The molecule has 0 radical (unpaired) electrons. The van der Waals surface area contributed by atoms with Gasteiger partial charge in [0.2, 0.25) is 0 Å². The lowest BCUT2D eigenvalue weighted by molar-refractivity contribution is 0.338. The number of rotatable bonds is 8. The Morgan fingerprint density at radius 1 is 0.921 bits per heavy atom. The number of hydrogen-bond donors (Lipinski definition) is 1. The lowest BCUT2D eigenvalue weighted by atomic mass is 10.1. The van der Waals surface area contributed by atoms with Gasteiger partial charge in [-0.1, -0.05) is 35.6 Å². The first-order chi connectivity index (χ1) is 18.7. The zero-order valence-electron chi connectivity index (χ0n) is 20.6. The highest BCUT2D eigenvalue weighted by atomic mass is 32.1. The van der Waals surface area contributed by atoms with Crippen LogP contribution in [0.15, 0.2) is 78.4 Å². The van der Waals surface area contributed by atoms with E-state index >= 15 is 0 Å². The van der Waals surface area contributed by atoms with Crippen LogP contribution in [0.4, 0.5) is 11.5 Å². The number of anilines is 2. The number of nitrogens with zero attached hydrogens (tertiary/aromatic N) is 5. The molecule has 0 aliphatic carbocycles. The van der Waals surface area contributed by atoms with Crippen molar-refractivity contribution >= 4 is 44.6 Å². The smallest absolute Gasteiger partial charge is 0.273 e. The van der Waals surface area contributed by atoms with Crippen molar-refractivity contribution in [3.8, 4) is 33.8 Å². The molecular formula is C28H22N6O3S. The van der Waals surface area contributed by atoms with Gasteiger partial charge < -0.3 is 19.5 Å². The number of pyridine rings is 2. The summed E-state index contributed by atoms with van der Waals surface area (Å²) in [7, 11) is 1.60. The van der Waals surface area contributed by atoms with Crippen LogP contribution in [0.5, 0.6) is 22.4 Å². The van der Waals surface area contributed by atoms with E-state index in [2.05, 4.69) is 30.5 Å². The van der Waals surface area contributed by atoms with Crippen LogP contribution >= 0.6 is 11.3 Å². The monoisotopic (exact) mass is 522 g/mol. The minimum Gasteiger partial charge on any atom is -0.495 e. The van der Waals surface area contributed by atoms with E-state index in [1.807, 2.05) is 66.9 Å². The average Bonchev–Trinajstić information content (AvgIpc) is 3.42. The van der Waals surface area contributed by atoms with Crippen molar-refractivity contribution in [3.63, 3.8) is 0 Å². The molecule has 4 aromatic heterocycles. The second-order valence-electron chi connectivity index (χ2n) is 8.18. The van der Waals surface area contributed by atoms with Gasteiger partial charge in [-0.05, 0) is 31.2 Å². The predicted octanol–water partition coefficient (Wildman–Crippen LogP) is 6.64. The fourth-order valence-electron chi connectivity index (χ4n) is 3.99. The van der Waals surface area contributed by atoms with Gasteiger partial charge in [-0.2, -0.15) is 0 Å². The van der Waals surface area contributed by atoms with Crippen LogP contribution < -0.4 is 19.5 Å². The molecule has 0 aliphatic heterocycles. The Morgan fingerprint density at radius 3 is 2.58 bits per heavy atom. The van der Waals surface area contributed by atoms with E-state index < -0.39 is 0 Å². The third kappa shape index (κ3) is 4.64. The molecule has 0 fully saturated rings. The SMILES string of the molecule is CCOc1nc(-c2nnc(Nc3ccc(Oc4ccnc5cc(OC)cnc45)cc3)c3ccccc23)cs1. The number of benzene rings is 2. The molecule has 4 heterocycles. The van der Waals surface area contributed by atoms with Crippen LogP contribution in [0.3, 0.4) is 0 Å². The summed E-state index contributed by atoms with van der Waals surface area (Å²) in [5.41, 5.74) is 3.66. The van der Waals surface area contributed by atoms with Crippen LogP contribution in [0, 0.1) is 0 Å². The first kappa shape index (κ1) is 23.6. The molecular weight excluding hydrogens is 500 g/mol. The third-order valence-corrected chi connectivity index (χ3v) is 6.53. The maximum absolute atomic E-state index is 6.11. The molecule has 2 aromatic carbocycles. The quantitative estimate of drug-likeness (QED) is 0.235. The van der Waals surface area contributed by atoms with E-state index in [0.717, 1.165) is 22.2 Å². The Morgan fingerprint density at radius 2 is 1.76 bits per heavy atom. The second kappa shape index (κ2) is 10.3. The maximum atomic E-state index is 6.11. The minimum absolute atomic E-state index is 0.567. The lowest BCUT2D eigenvalue weighted by Gasteiger charge is -2.12. The molecule has 0 spiro atoms. The van der Waals surface area contributed by atoms with Crippen molar-refractivity contribution in [1.29, 1.82) is 0 Å². The van der Waals surface area contributed by atoms with Crippen molar-refractivity contribution < 1.29 is 14.2 Å². The van der Waals surface area contributed by atoms with E-state index in [1.165, 1.54) is 11.3 Å². The van der Waals surface area contributed by atoms with E-state index in [1.54, 1.807) is 25.6 Å². The highest BCUT2D eigenvalue weighted by Crippen LogP contribution is 2.34. The molecule has 6 rings (SSSR count). The molecule has 38 heavy (non-hydrogen) atoms. The van der Waals surface area contributed by atoms with Gasteiger partial charge in [0.1, 0.15) is 28.4 Å². The van der Waals surface area contributed by atoms with Crippen LogP contribution in [0.1, 0.15) is 6.92 Å². The van der Waals surface area contributed by atoms with Gasteiger partial charge in [-0.3, -0.25) is 4.98 Å². The summed E-state index contributed by atoms with van der Waals surface area (Å²) in [4.78, 5) is 13.3. The van der Waals surface area contributed by atoms with Crippen molar-refractivity contribution in [2.75, 3.05) is 19.0 Å². The molecule has 188 valence electrons. The maximum Gasteiger partial charge on any atom is 0.273 e. The Kier molecular flexibility index (Phi) is 6.37. The lowest BCUT2D eigenvalue weighted by Crippen LogP contribution is -1.99. The molecule has 0 bridgehead atoms. The minimum atomic E-state index is 0.567. The van der Waals surface area contributed by atoms with Crippen LogP contribution in [-0.4, -0.2) is 38.9 Å². The predicted molar refractivity (Wildman–Crippen MR) is 148 cm³/mol. The molecule has 0 saturated carbocycles. The number of ether oxygens (including phenoxy) is 3. The Hall–Kier alpha value is -4.83. The number of methoxy groups -OCH3 is 1. The molecule has 9 nitrogen and oxygen atoms in total. The molecule has 0 aliphatic rings. The number of thiazole rings is 1. The third-order valence-electron chi connectivity index (χ3n) is 5.78. The van der Waals surface area contributed by atoms with Crippen molar-refractivity contribution in [1.82, 2.24) is 25.1 Å². The van der Waals surface area contributed by atoms with Gasteiger partial charge >= 0.3 is 0 Å². The van der Waals surface area contributed by atoms with E-state index in [4.69, 9.17) is 14.2 Å². The average molecular weight is 523 g/mol. The van der Waals surface area contributed by atoms with Gasteiger partial charge in [-0.15, -0.1) is 10.2 Å². The molecule has 1 N–H and O–H groups in total. The summed E-state index contributed by atoms with van der Waals surface area (Å²) in [6, 6.07) is 19.2. The fraction of sp³-hybridized carbons (Fsp3) is 0.107. The molecule has 6 aromatic rings. The number of hydrogen-bond acceptors (Lipinski definition) is 10. The topological polar surface area (TPSA) is 104 Å². The van der Waals surface area contributed by atoms with Crippen LogP contribution in [-0.2, 0) is 0 Å².